The molecule has 176 valence electrons. The van der Waals surface area contributed by atoms with E-state index in [2.05, 4.69) is 5.32 Å². The van der Waals surface area contributed by atoms with Crippen LogP contribution in [0, 0.1) is 11.3 Å². The predicted octanol–water partition coefficient (Wildman–Crippen LogP) is 3.93. The molecule has 1 saturated heterocycles. The molecule has 2 aromatic rings. The monoisotopic (exact) mass is 471 g/mol. The normalized spacial score (nSPS) is 15.5. The maximum absolute atomic E-state index is 13.1. The second-order valence-corrected chi connectivity index (χ2v) is 10.1. The number of carbonyl (C=O) groups is 1. The number of nitriles is 1. The number of nitrogens with one attached hydrogen (secondary N) is 1. The first-order valence-corrected chi connectivity index (χ1v) is 12.4. The Labute approximate surface area is 195 Å². The predicted molar refractivity (Wildman–Crippen MR) is 125 cm³/mol. The fourth-order valence-corrected chi connectivity index (χ4v) is 5.02. The lowest BCUT2D eigenvalue weighted by Crippen LogP contribution is -2.35. The number of ether oxygens (including phenoxy) is 2. The summed E-state index contributed by atoms with van der Waals surface area (Å²) in [5, 5.41) is 11.7. The van der Waals surface area contributed by atoms with Crippen molar-refractivity contribution in [1.82, 2.24) is 4.31 Å². The van der Waals surface area contributed by atoms with Gasteiger partial charge in [-0.3, -0.25) is 4.79 Å². The van der Waals surface area contributed by atoms with Crippen LogP contribution >= 0.6 is 0 Å². The maximum Gasteiger partial charge on any atom is 0.265 e. The van der Waals surface area contributed by atoms with Crippen LogP contribution in [0.4, 0.5) is 5.69 Å². The van der Waals surface area contributed by atoms with Crippen LogP contribution in [-0.4, -0.2) is 43.9 Å². The van der Waals surface area contributed by atoms with Gasteiger partial charge >= 0.3 is 0 Å². The summed E-state index contributed by atoms with van der Waals surface area (Å²) in [5.74, 6) is 0.360. The highest BCUT2D eigenvalue weighted by atomic mass is 32.2. The van der Waals surface area contributed by atoms with E-state index in [0.717, 1.165) is 19.3 Å². The summed E-state index contributed by atoms with van der Waals surface area (Å²) in [7, 11) is -3.67. The molecule has 0 aromatic heterocycles. The maximum atomic E-state index is 13.1. The Morgan fingerprint density at radius 2 is 1.70 bits per heavy atom. The van der Waals surface area contributed by atoms with E-state index in [1.165, 1.54) is 16.4 Å². The molecule has 1 heterocycles. The second-order valence-electron chi connectivity index (χ2n) is 8.17. The van der Waals surface area contributed by atoms with Gasteiger partial charge in [-0.05, 0) is 76.1 Å². The lowest BCUT2D eigenvalue weighted by Gasteiger charge is -2.26. The van der Waals surface area contributed by atoms with E-state index in [-0.39, 0.29) is 16.7 Å². The van der Waals surface area contributed by atoms with Crippen molar-refractivity contribution in [1.29, 1.82) is 5.26 Å². The van der Waals surface area contributed by atoms with Crippen LogP contribution in [-0.2, 0) is 14.8 Å². The third-order valence-electron chi connectivity index (χ3n) is 5.19. The molecular weight excluding hydrogens is 442 g/mol. The van der Waals surface area contributed by atoms with Crippen molar-refractivity contribution >= 4 is 21.6 Å². The van der Waals surface area contributed by atoms with E-state index < -0.39 is 22.0 Å². The number of sulfonamides is 1. The van der Waals surface area contributed by atoms with Crippen molar-refractivity contribution in [3.05, 3.63) is 48.0 Å². The van der Waals surface area contributed by atoms with Gasteiger partial charge in [0, 0.05) is 13.1 Å². The Morgan fingerprint density at radius 1 is 1.03 bits per heavy atom. The zero-order valence-corrected chi connectivity index (χ0v) is 19.9. The second kappa shape index (κ2) is 10.7. The number of anilines is 1. The molecule has 2 aromatic carbocycles. The topological polar surface area (TPSA) is 109 Å². The molecule has 0 aliphatic carbocycles. The first kappa shape index (κ1) is 24.6. The number of amides is 1. The van der Waals surface area contributed by atoms with Crippen LogP contribution < -0.4 is 14.8 Å². The number of hydrogen-bond donors (Lipinski definition) is 1. The Hall–Kier alpha value is -3.09. The number of piperidine rings is 1. The number of nitrogens with zero attached hydrogens (tertiary/aromatic N) is 2. The van der Waals surface area contributed by atoms with Crippen LogP contribution in [0.2, 0.25) is 0 Å². The van der Waals surface area contributed by atoms with Gasteiger partial charge in [0.25, 0.3) is 5.91 Å². The third kappa shape index (κ3) is 6.24. The van der Waals surface area contributed by atoms with E-state index >= 15 is 0 Å². The highest BCUT2D eigenvalue weighted by Gasteiger charge is 2.27. The molecule has 0 saturated carbocycles. The average Bonchev–Trinajstić information content (AvgIpc) is 2.80. The lowest BCUT2D eigenvalue weighted by molar-refractivity contribution is -0.122. The van der Waals surface area contributed by atoms with Gasteiger partial charge in [-0.2, -0.15) is 9.57 Å². The lowest BCUT2D eigenvalue weighted by atomic mass is 10.2. The van der Waals surface area contributed by atoms with Gasteiger partial charge in [0.1, 0.15) is 11.5 Å². The molecule has 9 heteroatoms. The van der Waals surface area contributed by atoms with Crippen LogP contribution in [0.3, 0.4) is 0 Å². The average molecular weight is 472 g/mol. The van der Waals surface area contributed by atoms with Gasteiger partial charge in [-0.25, -0.2) is 8.42 Å². The molecule has 1 unspecified atom stereocenters. The molecule has 1 aliphatic rings. The van der Waals surface area contributed by atoms with Gasteiger partial charge < -0.3 is 14.8 Å². The van der Waals surface area contributed by atoms with Crippen LogP contribution in [0.1, 0.15) is 45.6 Å². The number of benzene rings is 2. The minimum Gasteiger partial charge on any atom is -0.489 e. The van der Waals surface area contributed by atoms with Gasteiger partial charge in [-0.1, -0.05) is 6.42 Å². The van der Waals surface area contributed by atoms with Crippen molar-refractivity contribution in [2.75, 3.05) is 18.4 Å². The number of carbonyl (C=O) groups excluding carboxylic acids is 1. The van der Waals surface area contributed by atoms with E-state index in [1.54, 1.807) is 37.3 Å². The van der Waals surface area contributed by atoms with E-state index in [4.69, 9.17) is 14.7 Å². The molecule has 1 atom stereocenters. The molecular formula is C24H29N3O5S. The van der Waals surface area contributed by atoms with Crippen LogP contribution in [0.5, 0.6) is 11.5 Å². The quantitative estimate of drug-likeness (QED) is 0.625. The van der Waals surface area contributed by atoms with Crippen molar-refractivity contribution in [2.24, 2.45) is 0 Å². The standard InChI is InChI=1S/C24H29N3O5S/c1-17(2)31-23-12-11-21(33(29,30)27-13-5-4-6-14-27)15-22(23)26-24(28)18(3)32-20-9-7-19(16-25)8-10-20/h7-12,15,17-18H,4-6,13-14H2,1-3H3,(H,26,28). The minimum atomic E-state index is -3.67. The summed E-state index contributed by atoms with van der Waals surface area (Å²) >= 11 is 0. The highest BCUT2D eigenvalue weighted by molar-refractivity contribution is 7.89. The molecule has 1 fully saturated rings. The number of rotatable bonds is 8. The first-order valence-electron chi connectivity index (χ1n) is 11.0. The Kier molecular flexibility index (Phi) is 7.95. The van der Waals surface area contributed by atoms with E-state index in [9.17, 15) is 13.2 Å². The molecule has 0 spiro atoms. The highest BCUT2D eigenvalue weighted by Crippen LogP contribution is 2.31. The fraction of sp³-hybridized carbons (Fsp3) is 0.417. The smallest absolute Gasteiger partial charge is 0.265 e. The largest absolute Gasteiger partial charge is 0.489 e. The zero-order valence-electron chi connectivity index (χ0n) is 19.1. The van der Waals surface area contributed by atoms with Gasteiger partial charge in [0.15, 0.2) is 6.10 Å². The minimum absolute atomic E-state index is 0.108. The SMILES string of the molecule is CC(C)Oc1ccc(S(=O)(=O)N2CCCCC2)cc1NC(=O)C(C)Oc1ccc(C#N)cc1. The fourth-order valence-electron chi connectivity index (χ4n) is 3.48. The summed E-state index contributed by atoms with van der Waals surface area (Å²) in [5.41, 5.74) is 0.753. The molecule has 33 heavy (non-hydrogen) atoms. The molecule has 8 nitrogen and oxygen atoms in total. The summed E-state index contributed by atoms with van der Waals surface area (Å²) in [4.78, 5) is 12.9. The van der Waals surface area contributed by atoms with Crippen molar-refractivity contribution in [3.8, 4) is 17.6 Å². The van der Waals surface area contributed by atoms with Crippen LogP contribution in [0.15, 0.2) is 47.4 Å². The molecule has 0 radical (unpaired) electrons. The molecule has 1 amide bonds. The van der Waals surface area contributed by atoms with Crippen molar-refractivity contribution < 1.29 is 22.7 Å². The van der Waals surface area contributed by atoms with Gasteiger partial charge in [0.2, 0.25) is 10.0 Å². The zero-order chi connectivity index (χ0) is 24.0. The first-order chi connectivity index (χ1) is 15.7. The Balaban J connectivity index is 1.81. The summed E-state index contributed by atoms with van der Waals surface area (Å²) in [6.45, 7) is 6.26. The molecule has 3 rings (SSSR count). The van der Waals surface area contributed by atoms with Gasteiger partial charge in [0.05, 0.1) is 28.3 Å². The summed E-state index contributed by atoms with van der Waals surface area (Å²) in [6, 6.07) is 13.0. The summed E-state index contributed by atoms with van der Waals surface area (Å²) < 4.78 is 39.2. The van der Waals surface area contributed by atoms with E-state index in [0.29, 0.717) is 30.2 Å². The van der Waals surface area contributed by atoms with Crippen molar-refractivity contribution in [2.45, 2.75) is 57.1 Å². The van der Waals surface area contributed by atoms with Gasteiger partial charge in [-0.15, -0.1) is 0 Å². The molecule has 1 N–H and O–H groups in total. The third-order valence-corrected chi connectivity index (χ3v) is 7.08. The Bertz CT molecular complexity index is 1120. The Morgan fingerprint density at radius 3 is 2.30 bits per heavy atom. The molecule has 0 bridgehead atoms. The molecule has 1 aliphatic heterocycles. The van der Waals surface area contributed by atoms with Crippen LogP contribution in [0.25, 0.3) is 0 Å². The summed E-state index contributed by atoms with van der Waals surface area (Å²) in [6.07, 6.45) is 1.65. The number of hydrogen-bond acceptors (Lipinski definition) is 6. The van der Waals surface area contributed by atoms with Crippen molar-refractivity contribution in [3.63, 3.8) is 0 Å². The van der Waals surface area contributed by atoms with E-state index in [1.807, 2.05) is 19.9 Å².